The van der Waals surface area contributed by atoms with Crippen molar-refractivity contribution in [3.05, 3.63) is 35.0 Å². The maximum absolute atomic E-state index is 12.9. The predicted octanol–water partition coefficient (Wildman–Crippen LogP) is 0.898. The summed E-state index contributed by atoms with van der Waals surface area (Å²) in [5, 5.41) is 18.7. The Bertz CT molecular complexity index is 628. The van der Waals surface area contributed by atoms with Gasteiger partial charge in [-0.05, 0) is 25.3 Å². The molecule has 23 heavy (non-hydrogen) atoms. The van der Waals surface area contributed by atoms with Gasteiger partial charge in [0.2, 0.25) is 0 Å². The van der Waals surface area contributed by atoms with E-state index in [1.165, 1.54) is 19.4 Å². The van der Waals surface area contributed by atoms with E-state index in [-0.39, 0.29) is 40.7 Å². The molecule has 3 atom stereocenters. The van der Waals surface area contributed by atoms with Crippen molar-refractivity contribution in [1.82, 2.24) is 0 Å². The van der Waals surface area contributed by atoms with E-state index in [2.05, 4.69) is 0 Å². The smallest absolute Gasteiger partial charge is 0.336 e. The second kappa shape index (κ2) is 6.17. The normalized spacial score (nSPS) is 30.2. The Morgan fingerprint density at radius 3 is 2.87 bits per heavy atom. The fourth-order valence-electron chi connectivity index (χ4n) is 3.32. The number of hydrogen-bond acceptors (Lipinski definition) is 6. The van der Waals surface area contributed by atoms with Gasteiger partial charge in [-0.25, -0.2) is 4.79 Å². The Hall–Kier alpha value is -2.12. The summed E-state index contributed by atoms with van der Waals surface area (Å²) in [7, 11) is 1.53. The average molecular weight is 322 g/mol. The van der Waals surface area contributed by atoms with Crippen LogP contribution in [-0.2, 0) is 23.8 Å². The van der Waals surface area contributed by atoms with Crippen molar-refractivity contribution < 1.29 is 34.0 Å². The van der Waals surface area contributed by atoms with Gasteiger partial charge in [0.15, 0.2) is 5.78 Å². The van der Waals surface area contributed by atoms with Gasteiger partial charge in [-0.2, -0.15) is 0 Å². The summed E-state index contributed by atoms with van der Waals surface area (Å²) in [4.78, 5) is 24.5. The quantitative estimate of drug-likeness (QED) is 0.795. The van der Waals surface area contributed by atoms with Crippen LogP contribution >= 0.6 is 0 Å². The van der Waals surface area contributed by atoms with Gasteiger partial charge < -0.3 is 24.4 Å². The van der Waals surface area contributed by atoms with E-state index in [0.29, 0.717) is 6.42 Å². The molecule has 3 aliphatic rings. The number of carboxylic acid groups (broad SMARTS) is 1. The lowest BCUT2D eigenvalue weighted by Crippen LogP contribution is -2.47. The minimum absolute atomic E-state index is 0.0950. The van der Waals surface area contributed by atoms with Gasteiger partial charge in [0, 0.05) is 12.7 Å². The van der Waals surface area contributed by atoms with Crippen LogP contribution in [0.1, 0.15) is 19.3 Å². The van der Waals surface area contributed by atoms with Crippen LogP contribution in [-0.4, -0.2) is 47.9 Å². The van der Waals surface area contributed by atoms with Crippen molar-refractivity contribution in [2.24, 2.45) is 5.92 Å². The summed E-state index contributed by atoms with van der Waals surface area (Å²) in [6, 6.07) is 0. The van der Waals surface area contributed by atoms with Crippen LogP contribution in [0.15, 0.2) is 35.0 Å². The molecule has 7 nitrogen and oxygen atoms in total. The summed E-state index contributed by atoms with van der Waals surface area (Å²) < 4.78 is 16.5. The van der Waals surface area contributed by atoms with Crippen LogP contribution in [0.2, 0.25) is 0 Å². The summed E-state index contributed by atoms with van der Waals surface area (Å²) in [5.41, 5.74) is -0.0801. The molecular weight excluding hydrogens is 304 g/mol. The first-order valence-electron chi connectivity index (χ1n) is 7.46. The van der Waals surface area contributed by atoms with Gasteiger partial charge in [0.1, 0.15) is 17.9 Å². The van der Waals surface area contributed by atoms with Crippen LogP contribution in [0, 0.1) is 5.92 Å². The van der Waals surface area contributed by atoms with Gasteiger partial charge in [0.25, 0.3) is 5.95 Å². The number of aliphatic hydroxyl groups is 1. The number of ketones is 1. The zero-order valence-corrected chi connectivity index (χ0v) is 12.7. The summed E-state index contributed by atoms with van der Waals surface area (Å²) in [5.74, 6) is -2.27. The van der Waals surface area contributed by atoms with Gasteiger partial charge in [0.05, 0.1) is 24.2 Å². The molecule has 3 rings (SSSR count). The molecule has 124 valence electrons. The van der Waals surface area contributed by atoms with E-state index < -0.39 is 18.5 Å². The molecule has 0 aromatic carbocycles. The lowest BCUT2D eigenvalue weighted by Gasteiger charge is -2.39. The molecule has 0 radical (unpaired) electrons. The first kappa shape index (κ1) is 15.8. The lowest BCUT2D eigenvalue weighted by molar-refractivity contribution is -0.146. The number of Topliss-reactive ketones (excluding diaryl/α,β-unsaturated/α-hetero) is 1. The van der Waals surface area contributed by atoms with Crippen LogP contribution < -0.4 is 0 Å². The monoisotopic (exact) mass is 322 g/mol. The van der Waals surface area contributed by atoms with Crippen molar-refractivity contribution >= 4 is 11.8 Å². The average Bonchev–Trinajstić information content (AvgIpc) is 2.74. The van der Waals surface area contributed by atoms with Crippen LogP contribution in [0.4, 0.5) is 0 Å². The number of ether oxygens (including phenoxy) is 3. The van der Waals surface area contributed by atoms with Crippen LogP contribution in [0.5, 0.6) is 0 Å². The zero-order valence-electron chi connectivity index (χ0n) is 12.7. The third-order valence-electron chi connectivity index (χ3n) is 4.42. The van der Waals surface area contributed by atoms with Gasteiger partial charge in [-0.15, -0.1) is 0 Å². The largest absolute Gasteiger partial charge is 0.478 e. The Balaban J connectivity index is 2.06. The molecule has 1 aliphatic carbocycles. The first-order chi connectivity index (χ1) is 11.1. The summed E-state index contributed by atoms with van der Waals surface area (Å²) in [6.07, 6.45) is 4.00. The maximum atomic E-state index is 12.9. The molecule has 0 spiro atoms. The molecule has 0 aromatic heterocycles. The minimum Gasteiger partial charge on any atom is -0.478 e. The number of aliphatic carboxylic acids is 1. The maximum Gasteiger partial charge on any atom is 0.336 e. The van der Waals surface area contributed by atoms with Crippen molar-refractivity contribution in [1.29, 1.82) is 0 Å². The predicted molar refractivity (Wildman–Crippen MR) is 77.0 cm³/mol. The molecule has 0 saturated heterocycles. The summed E-state index contributed by atoms with van der Waals surface area (Å²) >= 11 is 0. The van der Waals surface area contributed by atoms with Crippen LogP contribution in [0.3, 0.4) is 0 Å². The molecule has 1 saturated carbocycles. The van der Waals surface area contributed by atoms with Crippen molar-refractivity contribution in [2.75, 3.05) is 13.7 Å². The SMILES string of the molecule is COC1CCCC2OC3=C(C(=O)C12)C(C(=O)O)=CC(CO)=CO3. The standard InChI is InChI=1S/C16H18O7/c1-21-10-3-2-4-11-13(10)14(18)12-9(15(19)20)5-8(6-17)7-22-16(12)23-11/h5,7,10-11,13,17H,2-4,6H2,1H3,(H,19,20). The number of fused-ring (bicyclic) bond motifs is 1. The highest BCUT2D eigenvalue weighted by Gasteiger charge is 2.48. The highest BCUT2D eigenvalue weighted by Crippen LogP contribution is 2.40. The third-order valence-corrected chi connectivity index (χ3v) is 4.42. The Kier molecular flexibility index (Phi) is 4.23. The number of aliphatic hydroxyl groups excluding tert-OH is 1. The molecule has 3 unspecified atom stereocenters. The van der Waals surface area contributed by atoms with Crippen molar-refractivity contribution in [2.45, 2.75) is 31.5 Å². The molecule has 7 heteroatoms. The number of carbonyl (C=O) groups excluding carboxylic acids is 1. The fraction of sp³-hybridized carbons (Fsp3) is 0.500. The molecule has 1 fully saturated rings. The number of rotatable bonds is 3. The minimum atomic E-state index is -1.28. The third kappa shape index (κ3) is 2.66. The zero-order chi connectivity index (χ0) is 16.6. The molecule has 0 aromatic rings. The Morgan fingerprint density at radius 2 is 2.22 bits per heavy atom. The number of carboxylic acids is 1. The number of carbonyl (C=O) groups is 2. The second-order valence-corrected chi connectivity index (χ2v) is 5.75. The van der Waals surface area contributed by atoms with Crippen molar-refractivity contribution in [3.63, 3.8) is 0 Å². The Morgan fingerprint density at radius 1 is 1.43 bits per heavy atom. The Labute approximate surface area is 132 Å². The molecule has 2 aliphatic heterocycles. The van der Waals surface area contributed by atoms with Gasteiger partial charge in [-0.1, -0.05) is 0 Å². The van der Waals surface area contributed by atoms with E-state index in [0.717, 1.165) is 12.8 Å². The van der Waals surface area contributed by atoms with E-state index in [4.69, 9.17) is 14.2 Å². The highest BCUT2D eigenvalue weighted by molar-refractivity contribution is 6.11. The van der Waals surface area contributed by atoms with Crippen LogP contribution in [0.25, 0.3) is 0 Å². The molecular formula is C16H18O7. The number of hydrogen-bond donors (Lipinski definition) is 2. The van der Waals surface area contributed by atoms with Gasteiger partial charge >= 0.3 is 5.97 Å². The molecule has 0 bridgehead atoms. The van der Waals surface area contributed by atoms with Gasteiger partial charge in [-0.3, -0.25) is 4.79 Å². The second-order valence-electron chi connectivity index (χ2n) is 5.75. The first-order valence-corrected chi connectivity index (χ1v) is 7.46. The van der Waals surface area contributed by atoms with E-state index >= 15 is 0 Å². The molecule has 2 heterocycles. The highest BCUT2D eigenvalue weighted by atomic mass is 16.7. The van der Waals surface area contributed by atoms with E-state index in [9.17, 15) is 19.8 Å². The lowest BCUT2D eigenvalue weighted by atomic mass is 9.76. The van der Waals surface area contributed by atoms with E-state index in [1.54, 1.807) is 0 Å². The topological polar surface area (TPSA) is 102 Å². The summed E-state index contributed by atoms with van der Waals surface area (Å²) in [6.45, 7) is -0.404. The molecule has 2 N–H and O–H groups in total. The fourth-order valence-corrected chi connectivity index (χ4v) is 3.32. The molecule has 0 amide bonds. The number of methoxy groups -OCH3 is 1. The van der Waals surface area contributed by atoms with Crippen molar-refractivity contribution in [3.8, 4) is 0 Å². The van der Waals surface area contributed by atoms with E-state index in [1.807, 2.05) is 0 Å².